The molecular weight excluding hydrogens is 253 g/mol. The number of aryl methyl sites for hydroxylation is 2. The second-order valence-electron chi connectivity index (χ2n) is 4.80. The average Bonchev–Trinajstić information content (AvgIpc) is 2.41. The van der Waals surface area contributed by atoms with E-state index in [1.807, 2.05) is 20.8 Å². The van der Waals surface area contributed by atoms with Gasteiger partial charge in [0.15, 0.2) is 5.82 Å². The van der Waals surface area contributed by atoms with Crippen LogP contribution in [0.1, 0.15) is 30.7 Å². The first-order valence-corrected chi connectivity index (χ1v) is 6.94. The minimum Gasteiger partial charge on any atom is -0.370 e. The van der Waals surface area contributed by atoms with E-state index in [-0.39, 0.29) is 5.82 Å². The Hall–Kier alpha value is -1.97. The first kappa shape index (κ1) is 14.4. The molecule has 0 amide bonds. The van der Waals surface area contributed by atoms with Crippen LogP contribution in [0.5, 0.6) is 0 Å². The van der Waals surface area contributed by atoms with E-state index in [4.69, 9.17) is 0 Å². The summed E-state index contributed by atoms with van der Waals surface area (Å²) in [6.45, 7) is 8.82. The van der Waals surface area contributed by atoms with Crippen molar-refractivity contribution in [2.24, 2.45) is 0 Å². The molecule has 0 saturated heterocycles. The number of hydrogen-bond donors (Lipinski definition) is 1. The van der Waals surface area contributed by atoms with E-state index in [9.17, 15) is 4.39 Å². The van der Waals surface area contributed by atoms with Crippen molar-refractivity contribution in [3.8, 4) is 11.4 Å². The summed E-state index contributed by atoms with van der Waals surface area (Å²) in [6.07, 6.45) is 0.872. The van der Waals surface area contributed by atoms with E-state index in [0.717, 1.165) is 41.2 Å². The summed E-state index contributed by atoms with van der Waals surface area (Å²) in [5.41, 5.74) is 3.77. The monoisotopic (exact) mass is 273 g/mol. The predicted molar refractivity (Wildman–Crippen MR) is 80.4 cm³/mol. The molecule has 2 aromatic rings. The van der Waals surface area contributed by atoms with E-state index < -0.39 is 0 Å². The lowest BCUT2D eigenvalue weighted by Crippen LogP contribution is -2.08. The fourth-order valence-electron chi connectivity index (χ4n) is 2.29. The zero-order chi connectivity index (χ0) is 14.7. The Morgan fingerprint density at radius 1 is 1.15 bits per heavy atom. The second-order valence-corrected chi connectivity index (χ2v) is 4.80. The quantitative estimate of drug-likeness (QED) is 0.918. The molecule has 1 heterocycles. The number of nitrogens with zero attached hydrogens (tertiary/aromatic N) is 2. The van der Waals surface area contributed by atoms with Crippen LogP contribution in [-0.2, 0) is 6.42 Å². The molecule has 0 fully saturated rings. The second kappa shape index (κ2) is 5.99. The third-order valence-corrected chi connectivity index (χ3v) is 3.35. The minimum absolute atomic E-state index is 0.267. The van der Waals surface area contributed by atoms with Gasteiger partial charge >= 0.3 is 0 Å². The van der Waals surface area contributed by atoms with Gasteiger partial charge in [0, 0.05) is 23.4 Å². The van der Waals surface area contributed by atoms with E-state index in [0.29, 0.717) is 5.82 Å². The lowest BCUT2D eigenvalue weighted by Gasteiger charge is -2.14. The van der Waals surface area contributed by atoms with Crippen molar-refractivity contribution in [2.75, 3.05) is 11.9 Å². The Balaban J connectivity index is 2.60. The van der Waals surface area contributed by atoms with Gasteiger partial charge in [0.2, 0.25) is 0 Å². The summed E-state index contributed by atoms with van der Waals surface area (Å²) in [5.74, 6) is 1.16. The van der Waals surface area contributed by atoms with Gasteiger partial charge in [0.25, 0.3) is 0 Å². The van der Waals surface area contributed by atoms with E-state index in [2.05, 4.69) is 22.2 Å². The smallest absolute Gasteiger partial charge is 0.162 e. The predicted octanol–water partition coefficient (Wildman–Crippen LogP) is 3.89. The SMILES string of the molecule is CCNc1nc(-c2cc(F)ccc2C)nc(C)c1CC. The van der Waals surface area contributed by atoms with Gasteiger partial charge in [0.1, 0.15) is 11.6 Å². The molecule has 0 aliphatic rings. The summed E-state index contributed by atoms with van der Waals surface area (Å²) in [7, 11) is 0. The molecule has 0 atom stereocenters. The average molecular weight is 273 g/mol. The van der Waals surface area contributed by atoms with Gasteiger partial charge in [-0.2, -0.15) is 0 Å². The summed E-state index contributed by atoms with van der Waals surface area (Å²) in [6, 6.07) is 4.70. The maximum absolute atomic E-state index is 13.5. The van der Waals surface area contributed by atoms with Crippen molar-refractivity contribution in [1.82, 2.24) is 9.97 Å². The van der Waals surface area contributed by atoms with Gasteiger partial charge in [-0.25, -0.2) is 14.4 Å². The van der Waals surface area contributed by atoms with Gasteiger partial charge in [-0.05, 0) is 44.9 Å². The normalized spacial score (nSPS) is 10.7. The fourth-order valence-corrected chi connectivity index (χ4v) is 2.29. The third-order valence-electron chi connectivity index (χ3n) is 3.35. The van der Waals surface area contributed by atoms with Crippen LogP contribution in [0, 0.1) is 19.7 Å². The van der Waals surface area contributed by atoms with Crippen LogP contribution in [-0.4, -0.2) is 16.5 Å². The van der Waals surface area contributed by atoms with Crippen molar-refractivity contribution in [2.45, 2.75) is 34.1 Å². The molecule has 3 nitrogen and oxygen atoms in total. The van der Waals surface area contributed by atoms with Gasteiger partial charge in [-0.15, -0.1) is 0 Å². The zero-order valence-electron chi connectivity index (χ0n) is 12.4. The van der Waals surface area contributed by atoms with Crippen molar-refractivity contribution < 1.29 is 4.39 Å². The van der Waals surface area contributed by atoms with Crippen molar-refractivity contribution in [1.29, 1.82) is 0 Å². The van der Waals surface area contributed by atoms with Gasteiger partial charge in [0.05, 0.1) is 0 Å². The molecule has 0 bridgehead atoms. The van der Waals surface area contributed by atoms with Crippen LogP contribution < -0.4 is 5.32 Å². The summed E-state index contributed by atoms with van der Waals surface area (Å²) in [5, 5.41) is 3.27. The standard InChI is InChI=1S/C16H20FN3/c1-5-13-11(4)19-16(20-15(13)18-6-2)14-9-12(17)8-7-10(14)3/h7-9H,5-6H2,1-4H3,(H,18,19,20). The molecule has 0 radical (unpaired) electrons. The van der Waals surface area contributed by atoms with Crippen LogP contribution in [0.25, 0.3) is 11.4 Å². The third kappa shape index (κ3) is 2.79. The molecule has 4 heteroatoms. The van der Waals surface area contributed by atoms with Crippen molar-refractivity contribution >= 4 is 5.82 Å². The maximum atomic E-state index is 13.5. The molecule has 0 unspecified atom stereocenters. The largest absolute Gasteiger partial charge is 0.370 e. The molecule has 0 aliphatic carbocycles. The number of anilines is 1. The topological polar surface area (TPSA) is 37.8 Å². The molecule has 0 spiro atoms. The number of halogens is 1. The van der Waals surface area contributed by atoms with Crippen molar-refractivity contribution in [3.05, 3.63) is 40.8 Å². The van der Waals surface area contributed by atoms with Gasteiger partial charge in [-0.1, -0.05) is 13.0 Å². The Morgan fingerprint density at radius 2 is 1.90 bits per heavy atom. The zero-order valence-corrected chi connectivity index (χ0v) is 12.4. The van der Waals surface area contributed by atoms with Crippen LogP contribution in [0.4, 0.5) is 10.2 Å². The molecule has 0 aliphatic heterocycles. The van der Waals surface area contributed by atoms with E-state index in [1.165, 1.54) is 12.1 Å². The minimum atomic E-state index is -0.267. The maximum Gasteiger partial charge on any atom is 0.162 e. The number of rotatable bonds is 4. The van der Waals surface area contributed by atoms with Crippen LogP contribution in [0.2, 0.25) is 0 Å². The van der Waals surface area contributed by atoms with Crippen molar-refractivity contribution in [3.63, 3.8) is 0 Å². The molecular formula is C16H20FN3. The highest BCUT2D eigenvalue weighted by molar-refractivity contribution is 5.63. The number of nitrogens with one attached hydrogen (secondary N) is 1. The van der Waals surface area contributed by atoms with Crippen LogP contribution in [0.3, 0.4) is 0 Å². The summed E-state index contributed by atoms with van der Waals surface area (Å²) >= 11 is 0. The van der Waals surface area contributed by atoms with E-state index in [1.54, 1.807) is 6.07 Å². The molecule has 1 aromatic heterocycles. The van der Waals surface area contributed by atoms with E-state index >= 15 is 0 Å². The molecule has 1 N–H and O–H groups in total. The Labute approximate surface area is 119 Å². The lowest BCUT2D eigenvalue weighted by atomic mass is 10.1. The number of benzene rings is 1. The lowest BCUT2D eigenvalue weighted by molar-refractivity contribution is 0.627. The molecule has 2 rings (SSSR count). The molecule has 20 heavy (non-hydrogen) atoms. The first-order chi connectivity index (χ1) is 9.56. The highest BCUT2D eigenvalue weighted by atomic mass is 19.1. The van der Waals surface area contributed by atoms with Gasteiger partial charge < -0.3 is 5.32 Å². The highest BCUT2D eigenvalue weighted by Gasteiger charge is 2.13. The Bertz CT molecular complexity index is 623. The van der Waals surface area contributed by atoms with Crippen LogP contribution >= 0.6 is 0 Å². The Kier molecular flexibility index (Phi) is 4.32. The number of hydrogen-bond acceptors (Lipinski definition) is 3. The fraction of sp³-hybridized carbons (Fsp3) is 0.375. The van der Waals surface area contributed by atoms with Crippen LogP contribution in [0.15, 0.2) is 18.2 Å². The van der Waals surface area contributed by atoms with Gasteiger partial charge in [-0.3, -0.25) is 0 Å². The number of aromatic nitrogens is 2. The molecule has 0 saturated carbocycles. The Morgan fingerprint density at radius 3 is 2.55 bits per heavy atom. The first-order valence-electron chi connectivity index (χ1n) is 6.94. The molecule has 1 aromatic carbocycles. The summed E-state index contributed by atoms with van der Waals surface area (Å²) in [4.78, 5) is 9.12. The summed E-state index contributed by atoms with van der Waals surface area (Å²) < 4.78 is 13.5. The highest BCUT2D eigenvalue weighted by Crippen LogP contribution is 2.25. The molecule has 106 valence electrons.